The minimum atomic E-state index is -1.19. The summed E-state index contributed by atoms with van der Waals surface area (Å²) in [5.41, 5.74) is 0.307. The number of nitrogens with zero attached hydrogens (tertiary/aromatic N) is 4. The average molecular weight is 415 g/mol. The van der Waals surface area contributed by atoms with E-state index in [2.05, 4.69) is 15.7 Å². The van der Waals surface area contributed by atoms with Crippen LogP contribution >= 0.6 is 0 Å². The fraction of sp³-hybridized carbons (Fsp3) is 0.211. The van der Waals surface area contributed by atoms with Crippen LogP contribution in [0.25, 0.3) is 0 Å². The van der Waals surface area contributed by atoms with Crippen LogP contribution in [0, 0.1) is 11.6 Å². The minimum Gasteiger partial charge on any atom is -0.495 e. The molecular formula is C19H15F2N5O4. The highest BCUT2D eigenvalue weighted by molar-refractivity contribution is 6.25. The van der Waals surface area contributed by atoms with Gasteiger partial charge in [0, 0.05) is 6.07 Å². The molecule has 2 aromatic rings. The fourth-order valence-corrected chi connectivity index (χ4v) is 3.32. The van der Waals surface area contributed by atoms with Crippen LogP contribution in [0.4, 0.5) is 20.2 Å². The van der Waals surface area contributed by atoms with Crippen LogP contribution in [0.1, 0.15) is 0 Å². The van der Waals surface area contributed by atoms with Crippen molar-refractivity contribution in [2.45, 2.75) is 12.1 Å². The molecule has 11 heteroatoms. The van der Waals surface area contributed by atoms with Gasteiger partial charge in [-0.05, 0) is 24.3 Å². The number of hydrogen-bond acceptors (Lipinski definition) is 7. The number of methoxy groups -OCH3 is 1. The van der Waals surface area contributed by atoms with E-state index in [0.717, 1.165) is 28.1 Å². The minimum absolute atomic E-state index is 0.119. The Balaban J connectivity index is 1.50. The second-order valence-electron chi connectivity index (χ2n) is 6.55. The van der Waals surface area contributed by atoms with E-state index in [9.17, 15) is 23.2 Å². The van der Waals surface area contributed by atoms with E-state index in [4.69, 9.17) is 4.74 Å². The van der Waals surface area contributed by atoms with Crippen molar-refractivity contribution in [2.24, 2.45) is 10.3 Å². The quantitative estimate of drug-likeness (QED) is 0.752. The van der Waals surface area contributed by atoms with Crippen molar-refractivity contribution in [2.75, 3.05) is 23.9 Å². The second kappa shape index (κ2) is 7.50. The molecule has 2 aliphatic rings. The van der Waals surface area contributed by atoms with E-state index in [0.29, 0.717) is 11.4 Å². The van der Waals surface area contributed by atoms with Gasteiger partial charge in [0.05, 0.1) is 18.5 Å². The third-order valence-corrected chi connectivity index (χ3v) is 4.71. The number of nitrogens with one attached hydrogen (secondary N) is 1. The molecule has 0 radical (unpaired) electrons. The number of fused-ring (bicyclic) bond motifs is 1. The van der Waals surface area contributed by atoms with Crippen molar-refractivity contribution in [3.8, 4) is 5.75 Å². The molecule has 0 aromatic heterocycles. The van der Waals surface area contributed by atoms with Gasteiger partial charge in [0.2, 0.25) is 5.91 Å². The van der Waals surface area contributed by atoms with Crippen molar-refractivity contribution in [3.05, 3.63) is 54.1 Å². The van der Waals surface area contributed by atoms with Gasteiger partial charge >= 0.3 is 0 Å². The van der Waals surface area contributed by atoms with Crippen LogP contribution in [0.3, 0.4) is 0 Å². The Hall–Kier alpha value is -3.89. The summed E-state index contributed by atoms with van der Waals surface area (Å²) in [6, 6.07) is 7.14. The van der Waals surface area contributed by atoms with Gasteiger partial charge in [-0.3, -0.25) is 19.4 Å². The largest absolute Gasteiger partial charge is 0.495 e. The van der Waals surface area contributed by atoms with Crippen molar-refractivity contribution < 1.29 is 27.9 Å². The summed E-state index contributed by atoms with van der Waals surface area (Å²) in [5.74, 6) is -3.82. The van der Waals surface area contributed by atoms with Crippen LogP contribution in [-0.4, -0.2) is 48.5 Å². The lowest BCUT2D eigenvalue weighted by atomic mass is 10.1. The molecule has 3 amide bonds. The van der Waals surface area contributed by atoms with Gasteiger partial charge in [-0.2, -0.15) is 5.11 Å². The first kappa shape index (κ1) is 19.4. The summed E-state index contributed by atoms with van der Waals surface area (Å²) < 4.78 is 31.9. The van der Waals surface area contributed by atoms with E-state index in [1.807, 2.05) is 0 Å². The molecule has 9 nitrogen and oxygen atoms in total. The number of halogens is 2. The summed E-state index contributed by atoms with van der Waals surface area (Å²) >= 11 is 0. The van der Waals surface area contributed by atoms with E-state index < -0.39 is 41.4 Å². The second-order valence-corrected chi connectivity index (χ2v) is 6.55. The Labute approximate surface area is 168 Å². The molecular weight excluding hydrogens is 400 g/mol. The zero-order valence-electron chi connectivity index (χ0n) is 15.6. The maximum absolute atomic E-state index is 13.6. The number of carbonyl (C=O) groups excluding carboxylic acids is 3. The van der Waals surface area contributed by atoms with E-state index in [1.54, 1.807) is 24.3 Å². The Morgan fingerprint density at radius 3 is 2.63 bits per heavy atom. The number of ether oxygens (including phenoxy) is 1. The molecule has 0 bridgehead atoms. The van der Waals surface area contributed by atoms with Crippen molar-refractivity contribution in [1.29, 1.82) is 0 Å². The summed E-state index contributed by atoms with van der Waals surface area (Å²) in [7, 11) is 1.46. The number of rotatable bonds is 5. The molecule has 1 N–H and O–H groups in total. The molecule has 30 heavy (non-hydrogen) atoms. The highest BCUT2D eigenvalue weighted by Crippen LogP contribution is 2.32. The van der Waals surface area contributed by atoms with Crippen LogP contribution in [0.5, 0.6) is 5.75 Å². The van der Waals surface area contributed by atoms with Gasteiger partial charge in [-0.1, -0.05) is 17.4 Å². The Morgan fingerprint density at radius 2 is 1.90 bits per heavy atom. The molecule has 0 spiro atoms. The third-order valence-electron chi connectivity index (χ3n) is 4.71. The maximum atomic E-state index is 13.6. The summed E-state index contributed by atoms with van der Waals surface area (Å²) in [6.45, 7) is -0.354. The lowest BCUT2D eigenvalue weighted by molar-refractivity contribution is -0.123. The lowest BCUT2D eigenvalue weighted by Gasteiger charge is -2.20. The number of anilines is 2. The van der Waals surface area contributed by atoms with Crippen LogP contribution < -0.4 is 15.0 Å². The number of benzene rings is 2. The monoisotopic (exact) mass is 415 g/mol. The summed E-state index contributed by atoms with van der Waals surface area (Å²) in [4.78, 5) is 38.6. The van der Waals surface area contributed by atoms with Crippen LogP contribution in [0.15, 0.2) is 52.8 Å². The number of hydrogen-bond donors (Lipinski definition) is 1. The predicted molar refractivity (Wildman–Crippen MR) is 99.6 cm³/mol. The molecule has 1 fully saturated rings. The standard InChI is InChI=1S/C19H15F2N5O4/c1-30-14-5-3-2-4-13(14)22-15(27)9-25-17-16(23-24-25)18(28)26(19(17)29)10-6-7-11(20)12(21)8-10/h2-8,16-17H,9H2,1H3,(H,22,27)/t16-,17+/m1/s1. The van der Waals surface area contributed by atoms with Gasteiger partial charge in [0.25, 0.3) is 11.8 Å². The fourth-order valence-electron chi connectivity index (χ4n) is 3.32. The normalized spacial score (nSPS) is 20.0. The van der Waals surface area contributed by atoms with Gasteiger partial charge in [0.15, 0.2) is 23.7 Å². The molecule has 2 atom stereocenters. The first-order chi connectivity index (χ1) is 14.4. The summed E-state index contributed by atoms with van der Waals surface area (Å²) in [5, 5.41) is 11.3. The van der Waals surface area contributed by atoms with Gasteiger partial charge < -0.3 is 10.1 Å². The number of imide groups is 1. The Kier molecular flexibility index (Phi) is 4.86. The van der Waals surface area contributed by atoms with Crippen LogP contribution in [0.2, 0.25) is 0 Å². The molecule has 0 saturated carbocycles. The van der Waals surface area contributed by atoms with E-state index in [-0.39, 0.29) is 12.2 Å². The third kappa shape index (κ3) is 3.23. The first-order valence-corrected chi connectivity index (χ1v) is 8.84. The maximum Gasteiger partial charge on any atom is 0.263 e. The Morgan fingerprint density at radius 1 is 1.13 bits per heavy atom. The highest BCUT2D eigenvalue weighted by atomic mass is 19.2. The number of carbonyl (C=O) groups is 3. The average Bonchev–Trinajstić information content (AvgIpc) is 3.24. The molecule has 1 saturated heterocycles. The smallest absolute Gasteiger partial charge is 0.263 e. The van der Waals surface area contributed by atoms with E-state index >= 15 is 0 Å². The molecule has 0 unspecified atom stereocenters. The first-order valence-electron chi connectivity index (χ1n) is 8.84. The molecule has 154 valence electrons. The molecule has 2 aromatic carbocycles. The Bertz CT molecular complexity index is 1080. The number of amides is 3. The topological polar surface area (TPSA) is 104 Å². The predicted octanol–water partition coefficient (Wildman–Crippen LogP) is 1.91. The number of para-hydroxylation sites is 2. The van der Waals surface area contributed by atoms with Gasteiger partial charge in [0.1, 0.15) is 12.3 Å². The SMILES string of the molecule is COc1ccccc1NC(=O)CN1N=N[C@H]2C(=O)N(c3ccc(F)c(F)c3)C(=O)[C@H]21. The molecule has 0 aliphatic carbocycles. The molecule has 4 rings (SSSR count). The lowest BCUT2D eigenvalue weighted by Crippen LogP contribution is -2.43. The van der Waals surface area contributed by atoms with E-state index in [1.165, 1.54) is 7.11 Å². The van der Waals surface area contributed by atoms with Gasteiger partial charge in [-0.25, -0.2) is 13.7 Å². The zero-order valence-corrected chi connectivity index (χ0v) is 15.6. The highest BCUT2D eigenvalue weighted by Gasteiger charge is 2.55. The summed E-state index contributed by atoms with van der Waals surface area (Å²) in [6.07, 6.45) is 0. The zero-order chi connectivity index (χ0) is 21.4. The van der Waals surface area contributed by atoms with Gasteiger partial charge in [-0.15, -0.1) is 0 Å². The van der Waals surface area contributed by atoms with Crippen molar-refractivity contribution in [3.63, 3.8) is 0 Å². The van der Waals surface area contributed by atoms with Crippen molar-refractivity contribution in [1.82, 2.24) is 5.01 Å². The van der Waals surface area contributed by atoms with Crippen LogP contribution in [-0.2, 0) is 14.4 Å². The van der Waals surface area contributed by atoms with Crippen molar-refractivity contribution >= 4 is 29.1 Å². The molecule has 2 heterocycles. The molecule has 2 aliphatic heterocycles.